The molecule has 0 spiro atoms. The number of anilines is 1. The number of pyridine rings is 1. The highest BCUT2D eigenvalue weighted by molar-refractivity contribution is 5.95. The molecule has 3 N–H and O–H groups in total. The van der Waals surface area contributed by atoms with Crippen molar-refractivity contribution in [2.75, 3.05) is 18.8 Å². The summed E-state index contributed by atoms with van der Waals surface area (Å²) in [5, 5.41) is 3.40. The summed E-state index contributed by atoms with van der Waals surface area (Å²) >= 11 is 0. The van der Waals surface area contributed by atoms with Crippen molar-refractivity contribution in [1.29, 1.82) is 0 Å². The van der Waals surface area contributed by atoms with Gasteiger partial charge >= 0.3 is 0 Å². The Balaban J connectivity index is 1.50. The minimum atomic E-state index is -1.31. The minimum absolute atomic E-state index is 0.0229. The zero-order chi connectivity index (χ0) is 24.4. The molecule has 2 atom stereocenters. The van der Waals surface area contributed by atoms with Gasteiger partial charge in [0, 0.05) is 42.5 Å². The summed E-state index contributed by atoms with van der Waals surface area (Å²) in [4.78, 5) is 18.8. The van der Waals surface area contributed by atoms with E-state index in [1.807, 2.05) is 18.7 Å². The summed E-state index contributed by atoms with van der Waals surface area (Å²) in [7, 11) is 0. The molecule has 2 heterocycles. The van der Waals surface area contributed by atoms with Crippen molar-refractivity contribution in [2.24, 2.45) is 0 Å². The maximum Gasteiger partial charge on any atom is 0.253 e. The number of nitrogens with two attached hydrogens (primary N) is 1. The van der Waals surface area contributed by atoms with Crippen LogP contribution in [-0.4, -0.2) is 41.0 Å². The zero-order valence-electron chi connectivity index (χ0n) is 18.8. The van der Waals surface area contributed by atoms with Crippen LogP contribution in [0.1, 0.15) is 29.8 Å². The molecule has 6 nitrogen and oxygen atoms in total. The summed E-state index contributed by atoms with van der Waals surface area (Å²) in [5.74, 6) is -3.31. The quantitative estimate of drug-likeness (QED) is 0.548. The van der Waals surface area contributed by atoms with Gasteiger partial charge in [0.15, 0.2) is 23.2 Å². The predicted molar refractivity (Wildman–Crippen MR) is 123 cm³/mol. The van der Waals surface area contributed by atoms with E-state index in [4.69, 9.17) is 10.5 Å². The van der Waals surface area contributed by atoms with Gasteiger partial charge < -0.3 is 20.7 Å². The molecule has 0 saturated carbocycles. The van der Waals surface area contributed by atoms with E-state index < -0.39 is 29.6 Å². The molecule has 0 bridgehead atoms. The first kappa shape index (κ1) is 23.6. The molecule has 178 valence electrons. The number of amides is 1. The smallest absolute Gasteiger partial charge is 0.253 e. The number of ether oxygens (including phenoxy) is 1. The number of rotatable bonds is 5. The highest BCUT2D eigenvalue weighted by atomic mass is 19.2. The topological polar surface area (TPSA) is 80.5 Å². The number of hydrogen-bond donors (Lipinski definition) is 2. The lowest BCUT2D eigenvalue weighted by Gasteiger charge is -2.36. The zero-order valence-corrected chi connectivity index (χ0v) is 18.8. The summed E-state index contributed by atoms with van der Waals surface area (Å²) in [6.45, 7) is 4.81. The highest BCUT2D eigenvalue weighted by Gasteiger charge is 2.25. The monoisotopic (exact) mass is 470 g/mol. The van der Waals surface area contributed by atoms with Crippen molar-refractivity contribution >= 4 is 11.7 Å². The lowest BCUT2D eigenvalue weighted by Crippen LogP contribution is -2.55. The van der Waals surface area contributed by atoms with Crippen LogP contribution in [0.2, 0.25) is 0 Å². The van der Waals surface area contributed by atoms with Crippen LogP contribution in [0, 0.1) is 17.5 Å². The number of carbonyl (C=O) groups excluding carboxylic acids is 1. The standard InChI is InChI=1S/C25H25F3N4O2/c1-14-11-32(12-15(2)31-14)25(33)17-5-3-16(4-6-17)18-9-22(24(29)30-10-18)34-13-19-20(26)7-8-21(27)23(19)28/h3-10,14-15,31H,11-13H2,1-2H3,(H2,29,30). The molecule has 1 fully saturated rings. The fourth-order valence-corrected chi connectivity index (χ4v) is 4.06. The lowest BCUT2D eigenvalue weighted by molar-refractivity contribution is 0.0674. The number of nitrogen functional groups attached to an aromatic ring is 1. The van der Waals surface area contributed by atoms with Gasteiger partial charge in [0.1, 0.15) is 12.4 Å². The van der Waals surface area contributed by atoms with E-state index in [0.717, 1.165) is 11.6 Å². The van der Waals surface area contributed by atoms with Gasteiger partial charge in [-0.05, 0) is 49.7 Å². The van der Waals surface area contributed by atoms with E-state index >= 15 is 0 Å². The second kappa shape index (κ2) is 9.72. The average molecular weight is 470 g/mol. The average Bonchev–Trinajstić information content (AvgIpc) is 2.81. The molecule has 34 heavy (non-hydrogen) atoms. The largest absolute Gasteiger partial charge is 0.485 e. The minimum Gasteiger partial charge on any atom is -0.485 e. The second-order valence-corrected chi connectivity index (χ2v) is 8.47. The van der Waals surface area contributed by atoms with Crippen molar-refractivity contribution < 1.29 is 22.7 Å². The molecule has 4 rings (SSSR count). The van der Waals surface area contributed by atoms with Crippen LogP contribution in [-0.2, 0) is 6.61 Å². The van der Waals surface area contributed by atoms with Gasteiger partial charge in [0.25, 0.3) is 5.91 Å². The molecule has 0 radical (unpaired) electrons. The molecule has 1 aromatic heterocycles. The van der Waals surface area contributed by atoms with E-state index in [1.165, 1.54) is 6.20 Å². The molecule has 1 aliphatic heterocycles. The highest BCUT2D eigenvalue weighted by Crippen LogP contribution is 2.29. The molecule has 1 saturated heterocycles. The van der Waals surface area contributed by atoms with E-state index in [1.54, 1.807) is 30.3 Å². The van der Waals surface area contributed by atoms with Crippen molar-refractivity contribution in [1.82, 2.24) is 15.2 Å². The van der Waals surface area contributed by atoms with Gasteiger partial charge in [-0.1, -0.05) is 12.1 Å². The summed E-state index contributed by atoms with van der Waals surface area (Å²) in [5.41, 5.74) is 7.27. The van der Waals surface area contributed by atoms with Crippen molar-refractivity contribution in [2.45, 2.75) is 32.5 Å². The number of carbonyl (C=O) groups is 1. The molecule has 2 aromatic carbocycles. The third-order valence-electron chi connectivity index (χ3n) is 5.70. The Morgan fingerprint density at radius 1 is 1.06 bits per heavy atom. The number of aromatic nitrogens is 1. The van der Waals surface area contributed by atoms with Gasteiger partial charge in [-0.3, -0.25) is 4.79 Å². The van der Waals surface area contributed by atoms with E-state index in [9.17, 15) is 18.0 Å². The Hall–Kier alpha value is -3.59. The number of halogens is 3. The van der Waals surface area contributed by atoms with Crippen LogP contribution < -0.4 is 15.8 Å². The van der Waals surface area contributed by atoms with Crippen LogP contribution in [0.3, 0.4) is 0 Å². The number of hydrogen-bond acceptors (Lipinski definition) is 5. The third-order valence-corrected chi connectivity index (χ3v) is 5.70. The summed E-state index contributed by atoms with van der Waals surface area (Å²) in [6, 6.07) is 10.6. The van der Waals surface area contributed by atoms with Crippen molar-refractivity contribution in [3.05, 3.63) is 77.2 Å². The number of piperazine rings is 1. The van der Waals surface area contributed by atoms with Gasteiger partial charge in [-0.15, -0.1) is 0 Å². The Morgan fingerprint density at radius 2 is 1.71 bits per heavy atom. The van der Waals surface area contributed by atoms with Crippen LogP contribution >= 0.6 is 0 Å². The van der Waals surface area contributed by atoms with E-state index in [-0.39, 0.29) is 29.6 Å². The Kier molecular flexibility index (Phi) is 6.74. The third kappa shape index (κ3) is 4.99. The van der Waals surface area contributed by atoms with Crippen LogP contribution in [0.15, 0.2) is 48.7 Å². The molecule has 3 aromatic rings. The fourth-order valence-electron chi connectivity index (χ4n) is 4.06. The first-order valence-corrected chi connectivity index (χ1v) is 10.9. The van der Waals surface area contributed by atoms with Gasteiger partial charge in [-0.25, -0.2) is 18.2 Å². The number of benzene rings is 2. The maximum atomic E-state index is 13.9. The van der Waals surface area contributed by atoms with Gasteiger partial charge in [-0.2, -0.15) is 0 Å². The molecule has 1 aliphatic rings. The molecule has 1 amide bonds. The Labute approximate surface area is 195 Å². The molecule has 2 unspecified atom stereocenters. The SMILES string of the molecule is CC1CN(C(=O)c2ccc(-c3cnc(N)c(OCc4c(F)ccc(F)c4F)c3)cc2)CC(C)N1. The summed E-state index contributed by atoms with van der Waals surface area (Å²) in [6.07, 6.45) is 1.53. The van der Waals surface area contributed by atoms with Crippen LogP contribution in [0.5, 0.6) is 5.75 Å². The molecule has 9 heteroatoms. The van der Waals surface area contributed by atoms with Crippen molar-refractivity contribution in [3.63, 3.8) is 0 Å². The Morgan fingerprint density at radius 3 is 2.38 bits per heavy atom. The first-order valence-electron chi connectivity index (χ1n) is 10.9. The second-order valence-electron chi connectivity index (χ2n) is 8.47. The molecular formula is C25H25F3N4O2. The summed E-state index contributed by atoms with van der Waals surface area (Å²) < 4.78 is 46.7. The lowest BCUT2D eigenvalue weighted by atomic mass is 10.0. The fraction of sp³-hybridized carbons (Fsp3) is 0.280. The van der Waals surface area contributed by atoms with E-state index in [2.05, 4.69) is 10.3 Å². The van der Waals surface area contributed by atoms with Crippen molar-refractivity contribution in [3.8, 4) is 16.9 Å². The van der Waals surface area contributed by atoms with E-state index in [0.29, 0.717) is 30.3 Å². The first-order chi connectivity index (χ1) is 16.2. The predicted octanol–water partition coefficient (Wildman–Crippen LogP) is 4.15. The number of nitrogens with zero attached hydrogens (tertiary/aromatic N) is 2. The number of nitrogens with one attached hydrogen (secondary N) is 1. The van der Waals surface area contributed by atoms with Gasteiger partial charge in [0.2, 0.25) is 0 Å². The maximum absolute atomic E-state index is 13.9. The van der Waals surface area contributed by atoms with Crippen LogP contribution in [0.4, 0.5) is 19.0 Å². The molecule has 0 aliphatic carbocycles. The van der Waals surface area contributed by atoms with Crippen LogP contribution in [0.25, 0.3) is 11.1 Å². The molecular weight excluding hydrogens is 445 g/mol. The van der Waals surface area contributed by atoms with Gasteiger partial charge in [0.05, 0.1) is 5.56 Å². The normalized spacial score (nSPS) is 18.1. The Bertz CT molecular complexity index is 1190.